The molecule has 0 bridgehead atoms. The van der Waals surface area contributed by atoms with Crippen LogP contribution in [-0.4, -0.2) is 37.2 Å². The van der Waals surface area contributed by atoms with Crippen LogP contribution >= 0.6 is 0 Å². The van der Waals surface area contributed by atoms with E-state index in [1.165, 1.54) is 24.3 Å². The van der Waals surface area contributed by atoms with E-state index >= 15 is 0 Å². The molecule has 0 saturated carbocycles. The van der Waals surface area contributed by atoms with Gasteiger partial charge in [0, 0.05) is 6.08 Å². The van der Waals surface area contributed by atoms with Gasteiger partial charge in [0.1, 0.15) is 12.4 Å². The fourth-order valence-electron chi connectivity index (χ4n) is 2.36. The maximum Gasteiger partial charge on any atom is 0.338 e. The number of carbonyl (C=O) groups is 3. The van der Waals surface area contributed by atoms with Gasteiger partial charge in [-0.05, 0) is 37.6 Å². The van der Waals surface area contributed by atoms with Crippen molar-refractivity contribution in [2.75, 3.05) is 13.2 Å². The molecule has 0 spiro atoms. The van der Waals surface area contributed by atoms with Crippen LogP contribution in [-0.2, 0) is 19.1 Å². The van der Waals surface area contributed by atoms with Crippen molar-refractivity contribution in [2.45, 2.75) is 19.9 Å². The number of hydrogen-bond donors (Lipinski definition) is 2. The third-order valence-corrected chi connectivity index (χ3v) is 3.48. The number of nitrogens with one attached hydrogen (secondary N) is 2. The van der Waals surface area contributed by atoms with Crippen LogP contribution in [0.15, 0.2) is 41.6 Å². The quantitative estimate of drug-likeness (QED) is 0.595. The molecular formula is C18H19FN2O5. The van der Waals surface area contributed by atoms with E-state index in [4.69, 9.17) is 9.47 Å². The number of rotatable bonds is 6. The summed E-state index contributed by atoms with van der Waals surface area (Å²) >= 11 is 0. The molecule has 1 aromatic carbocycles. The van der Waals surface area contributed by atoms with Crippen molar-refractivity contribution >= 4 is 24.0 Å². The number of urea groups is 1. The summed E-state index contributed by atoms with van der Waals surface area (Å²) in [7, 11) is 0. The molecule has 0 aliphatic carbocycles. The molecule has 0 saturated heterocycles. The number of amides is 2. The maximum absolute atomic E-state index is 13.1. The van der Waals surface area contributed by atoms with Gasteiger partial charge >= 0.3 is 18.0 Å². The van der Waals surface area contributed by atoms with Crippen LogP contribution in [0.1, 0.15) is 19.4 Å². The Labute approximate surface area is 149 Å². The van der Waals surface area contributed by atoms with Gasteiger partial charge in [-0.1, -0.05) is 12.1 Å². The Morgan fingerprint density at radius 3 is 2.77 bits per heavy atom. The molecule has 7 nitrogen and oxygen atoms in total. The number of esters is 2. The van der Waals surface area contributed by atoms with E-state index in [1.807, 2.05) is 0 Å². The Morgan fingerprint density at radius 1 is 1.31 bits per heavy atom. The topological polar surface area (TPSA) is 93.7 Å². The van der Waals surface area contributed by atoms with Gasteiger partial charge < -0.3 is 20.1 Å². The van der Waals surface area contributed by atoms with Crippen LogP contribution in [0, 0.1) is 5.82 Å². The van der Waals surface area contributed by atoms with Gasteiger partial charge in [0.2, 0.25) is 0 Å². The minimum absolute atomic E-state index is 0.159. The first-order valence-corrected chi connectivity index (χ1v) is 7.98. The molecule has 1 atom stereocenters. The van der Waals surface area contributed by atoms with Crippen molar-refractivity contribution in [2.24, 2.45) is 0 Å². The largest absolute Gasteiger partial charge is 0.463 e. The number of benzene rings is 1. The average Bonchev–Trinajstić information content (AvgIpc) is 2.57. The van der Waals surface area contributed by atoms with E-state index in [0.29, 0.717) is 5.56 Å². The fourth-order valence-corrected chi connectivity index (χ4v) is 2.36. The standard InChI is InChI=1S/C18H19FN2O5/c1-3-25-17(23)16-11(2)20-18(24)21-14(16)10-26-15(22)8-7-12-5-4-6-13(19)9-12/h4-9,11H,3,10H2,1-2H3,(H2,20,21,24). The maximum atomic E-state index is 13.1. The summed E-state index contributed by atoms with van der Waals surface area (Å²) in [5.74, 6) is -1.73. The summed E-state index contributed by atoms with van der Waals surface area (Å²) in [6, 6.07) is 4.61. The van der Waals surface area contributed by atoms with E-state index in [2.05, 4.69) is 10.6 Å². The molecule has 2 amide bonds. The molecule has 1 aromatic rings. The van der Waals surface area contributed by atoms with Crippen molar-refractivity contribution in [1.29, 1.82) is 0 Å². The van der Waals surface area contributed by atoms with Crippen molar-refractivity contribution in [3.63, 3.8) is 0 Å². The second-order valence-corrected chi connectivity index (χ2v) is 5.43. The highest BCUT2D eigenvalue weighted by atomic mass is 19.1. The molecule has 0 fully saturated rings. The SMILES string of the molecule is CCOC(=O)C1=C(COC(=O)C=Cc2cccc(F)c2)NC(=O)NC1C. The zero-order chi connectivity index (χ0) is 19.1. The molecule has 8 heteroatoms. The van der Waals surface area contributed by atoms with Gasteiger partial charge in [-0.2, -0.15) is 0 Å². The average molecular weight is 362 g/mol. The lowest BCUT2D eigenvalue weighted by Crippen LogP contribution is -2.50. The molecule has 0 aromatic heterocycles. The van der Waals surface area contributed by atoms with Gasteiger partial charge in [0.15, 0.2) is 0 Å². The Kier molecular flexibility index (Phi) is 6.48. The van der Waals surface area contributed by atoms with E-state index < -0.39 is 29.8 Å². The van der Waals surface area contributed by atoms with Crippen LogP contribution in [0.5, 0.6) is 0 Å². The van der Waals surface area contributed by atoms with E-state index in [9.17, 15) is 18.8 Å². The number of halogens is 1. The minimum atomic E-state index is -0.703. The second kappa shape index (κ2) is 8.80. The van der Waals surface area contributed by atoms with Crippen LogP contribution < -0.4 is 10.6 Å². The summed E-state index contributed by atoms with van der Waals surface area (Å²) in [6.45, 7) is 3.15. The van der Waals surface area contributed by atoms with Crippen LogP contribution in [0.3, 0.4) is 0 Å². The highest BCUT2D eigenvalue weighted by Crippen LogP contribution is 2.15. The zero-order valence-corrected chi connectivity index (χ0v) is 14.4. The minimum Gasteiger partial charge on any atom is -0.463 e. The van der Waals surface area contributed by atoms with Crippen LogP contribution in [0.25, 0.3) is 6.08 Å². The van der Waals surface area contributed by atoms with Crippen molar-refractivity contribution in [3.05, 3.63) is 53.0 Å². The Hall–Kier alpha value is -3.16. The number of carbonyl (C=O) groups excluding carboxylic acids is 3. The molecule has 1 unspecified atom stereocenters. The predicted octanol–water partition coefficient (Wildman–Crippen LogP) is 1.90. The molecule has 26 heavy (non-hydrogen) atoms. The summed E-state index contributed by atoms with van der Waals surface area (Å²) in [5, 5.41) is 4.99. The molecule has 1 aliphatic heterocycles. The molecule has 2 N–H and O–H groups in total. The van der Waals surface area contributed by atoms with E-state index in [0.717, 1.165) is 6.08 Å². The Bertz CT molecular complexity index is 773. The third-order valence-electron chi connectivity index (χ3n) is 3.48. The summed E-state index contributed by atoms with van der Waals surface area (Å²) in [6.07, 6.45) is 2.53. The fraction of sp³-hybridized carbons (Fsp3) is 0.278. The molecule has 138 valence electrons. The van der Waals surface area contributed by atoms with Crippen molar-refractivity contribution < 1.29 is 28.2 Å². The zero-order valence-electron chi connectivity index (χ0n) is 14.4. The van der Waals surface area contributed by atoms with Crippen molar-refractivity contribution in [3.8, 4) is 0 Å². The highest BCUT2D eigenvalue weighted by Gasteiger charge is 2.30. The van der Waals surface area contributed by atoms with Gasteiger partial charge in [0.05, 0.1) is 23.9 Å². The van der Waals surface area contributed by atoms with E-state index in [-0.39, 0.29) is 24.5 Å². The van der Waals surface area contributed by atoms with Gasteiger partial charge in [-0.15, -0.1) is 0 Å². The Balaban J connectivity index is 2.06. The lowest BCUT2D eigenvalue weighted by atomic mass is 10.0. The first kappa shape index (κ1) is 19.2. The van der Waals surface area contributed by atoms with Crippen LogP contribution in [0.4, 0.5) is 9.18 Å². The third kappa shape index (κ3) is 5.17. The van der Waals surface area contributed by atoms with Crippen LogP contribution in [0.2, 0.25) is 0 Å². The molecule has 0 radical (unpaired) electrons. The lowest BCUT2D eigenvalue weighted by Gasteiger charge is -2.26. The summed E-state index contributed by atoms with van der Waals surface area (Å²) in [4.78, 5) is 35.5. The Morgan fingerprint density at radius 2 is 2.08 bits per heavy atom. The molecule has 2 rings (SSSR count). The first-order valence-electron chi connectivity index (χ1n) is 7.98. The second-order valence-electron chi connectivity index (χ2n) is 5.43. The molecule has 1 aliphatic rings. The van der Waals surface area contributed by atoms with Crippen molar-refractivity contribution in [1.82, 2.24) is 10.6 Å². The van der Waals surface area contributed by atoms with E-state index in [1.54, 1.807) is 19.9 Å². The highest BCUT2D eigenvalue weighted by molar-refractivity contribution is 5.95. The summed E-state index contributed by atoms with van der Waals surface area (Å²) in [5.41, 5.74) is 0.845. The monoisotopic (exact) mass is 362 g/mol. The van der Waals surface area contributed by atoms with Gasteiger partial charge in [0.25, 0.3) is 0 Å². The van der Waals surface area contributed by atoms with Gasteiger partial charge in [-0.25, -0.2) is 18.8 Å². The summed E-state index contributed by atoms with van der Waals surface area (Å²) < 4.78 is 23.1. The lowest BCUT2D eigenvalue weighted by molar-refractivity contribution is -0.140. The number of ether oxygens (including phenoxy) is 2. The predicted molar refractivity (Wildman–Crippen MR) is 91.2 cm³/mol. The number of hydrogen-bond acceptors (Lipinski definition) is 5. The molecular weight excluding hydrogens is 343 g/mol. The normalized spacial score (nSPS) is 16.9. The molecule has 1 heterocycles. The first-order chi connectivity index (χ1) is 12.4. The van der Waals surface area contributed by atoms with Gasteiger partial charge in [-0.3, -0.25) is 0 Å². The smallest absolute Gasteiger partial charge is 0.338 e.